The predicted octanol–water partition coefficient (Wildman–Crippen LogP) is 5.06. The molecule has 0 saturated heterocycles. The highest BCUT2D eigenvalue weighted by atomic mass is 32.1. The van der Waals surface area contributed by atoms with Crippen molar-refractivity contribution in [2.75, 3.05) is 5.32 Å². The molecule has 1 N–H and O–H groups in total. The number of rotatable bonds is 6. The van der Waals surface area contributed by atoms with E-state index in [4.69, 9.17) is 0 Å². The standard InChI is InChI=1S/C18H18N2S/c1-3-8-15(9-4-1)10-7-13-17-14-21-18(20-17)19-16-11-5-2-6-12-16/h1-6,8-9,11-12,14H,7,10,13H2,(H,19,20). The summed E-state index contributed by atoms with van der Waals surface area (Å²) in [5.41, 5.74) is 3.66. The van der Waals surface area contributed by atoms with Gasteiger partial charge in [-0.3, -0.25) is 0 Å². The number of benzene rings is 2. The van der Waals surface area contributed by atoms with E-state index in [1.807, 2.05) is 18.2 Å². The van der Waals surface area contributed by atoms with Crippen molar-refractivity contribution in [3.8, 4) is 0 Å². The van der Waals surface area contributed by atoms with Gasteiger partial charge in [0.15, 0.2) is 5.13 Å². The molecule has 0 bridgehead atoms. The molecule has 3 rings (SSSR count). The summed E-state index contributed by atoms with van der Waals surface area (Å²) in [6, 6.07) is 20.8. The number of anilines is 2. The number of hydrogen-bond donors (Lipinski definition) is 1. The Morgan fingerprint density at radius 3 is 2.33 bits per heavy atom. The van der Waals surface area contributed by atoms with Gasteiger partial charge in [-0.15, -0.1) is 11.3 Å². The molecule has 0 spiro atoms. The molecular weight excluding hydrogens is 276 g/mol. The predicted molar refractivity (Wildman–Crippen MR) is 90.3 cm³/mol. The maximum absolute atomic E-state index is 4.64. The van der Waals surface area contributed by atoms with Gasteiger partial charge in [-0.2, -0.15) is 0 Å². The topological polar surface area (TPSA) is 24.9 Å². The van der Waals surface area contributed by atoms with Crippen molar-refractivity contribution < 1.29 is 0 Å². The fourth-order valence-corrected chi connectivity index (χ4v) is 3.01. The second-order valence-electron chi connectivity index (χ2n) is 4.97. The molecule has 2 nitrogen and oxygen atoms in total. The van der Waals surface area contributed by atoms with Gasteiger partial charge >= 0.3 is 0 Å². The highest BCUT2D eigenvalue weighted by molar-refractivity contribution is 7.13. The van der Waals surface area contributed by atoms with E-state index in [1.165, 1.54) is 11.3 Å². The largest absolute Gasteiger partial charge is 0.332 e. The van der Waals surface area contributed by atoms with Crippen LogP contribution in [0.3, 0.4) is 0 Å². The lowest BCUT2D eigenvalue weighted by Crippen LogP contribution is -1.92. The van der Waals surface area contributed by atoms with Crippen LogP contribution in [0, 0.1) is 0 Å². The second kappa shape index (κ2) is 7.04. The SMILES string of the molecule is c1ccc(CCCc2csc(Nc3ccccc3)n2)cc1. The third kappa shape index (κ3) is 4.17. The Kier molecular flexibility index (Phi) is 4.64. The number of para-hydroxylation sites is 1. The molecule has 0 fully saturated rings. The first-order valence-corrected chi connectivity index (χ1v) is 8.08. The quantitative estimate of drug-likeness (QED) is 0.687. The first-order valence-electron chi connectivity index (χ1n) is 7.20. The lowest BCUT2D eigenvalue weighted by Gasteiger charge is -2.01. The van der Waals surface area contributed by atoms with E-state index in [-0.39, 0.29) is 0 Å². The molecule has 0 aliphatic rings. The van der Waals surface area contributed by atoms with Gasteiger partial charge in [-0.25, -0.2) is 4.98 Å². The van der Waals surface area contributed by atoms with Crippen LogP contribution < -0.4 is 5.32 Å². The average molecular weight is 294 g/mol. The van der Waals surface area contributed by atoms with Crippen LogP contribution >= 0.6 is 11.3 Å². The summed E-state index contributed by atoms with van der Waals surface area (Å²) in [7, 11) is 0. The van der Waals surface area contributed by atoms with Crippen LogP contribution in [0.5, 0.6) is 0 Å². The van der Waals surface area contributed by atoms with Crippen LogP contribution in [0.15, 0.2) is 66.0 Å². The van der Waals surface area contributed by atoms with Crippen molar-refractivity contribution in [2.24, 2.45) is 0 Å². The number of nitrogens with zero attached hydrogens (tertiary/aromatic N) is 1. The Balaban J connectivity index is 1.51. The van der Waals surface area contributed by atoms with E-state index < -0.39 is 0 Å². The molecule has 0 aliphatic heterocycles. The molecular formula is C18H18N2S. The van der Waals surface area contributed by atoms with Gasteiger partial charge < -0.3 is 5.32 Å². The highest BCUT2D eigenvalue weighted by Gasteiger charge is 2.02. The Morgan fingerprint density at radius 1 is 0.857 bits per heavy atom. The van der Waals surface area contributed by atoms with Crippen molar-refractivity contribution in [3.63, 3.8) is 0 Å². The third-order valence-corrected chi connectivity index (χ3v) is 4.12. The van der Waals surface area contributed by atoms with Gasteiger partial charge in [0, 0.05) is 11.1 Å². The molecule has 0 radical (unpaired) electrons. The molecule has 1 aromatic heterocycles. The number of thiazole rings is 1. The van der Waals surface area contributed by atoms with Gasteiger partial charge in [0.2, 0.25) is 0 Å². The zero-order valence-corrected chi connectivity index (χ0v) is 12.6. The average Bonchev–Trinajstić information content (AvgIpc) is 2.97. The molecule has 21 heavy (non-hydrogen) atoms. The fourth-order valence-electron chi connectivity index (χ4n) is 2.24. The Morgan fingerprint density at radius 2 is 1.57 bits per heavy atom. The third-order valence-electron chi connectivity index (χ3n) is 3.32. The molecule has 0 amide bonds. The Bertz CT molecular complexity index is 662. The number of nitrogens with one attached hydrogen (secondary N) is 1. The zero-order chi connectivity index (χ0) is 14.3. The zero-order valence-electron chi connectivity index (χ0n) is 11.8. The summed E-state index contributed by atoms with van der Waals surface area (Å²) in [4.78, 5) is 4.64. The van der Waals surface area contributed by atoms with E-state index in [2.05, 4.69) is 58.1 Å². The van der Waals surface area contributed by atoms with Gasteiger partial charge in [-0.05, 0) is 37.0 Å². The Hall–Kier alpha value is -2.13. The maximum atomic E-state index is 4.64. The van der Waals surface area contributed by atoms with Gasteiger partial charge in [0.25, 0.3) is 0 Å². The van der Waals surface area contributed by atoms with Crippen LogP contribution in [0.1, 0.15) is 17.7 Å². The second-order valence-corrected chi connectivity index (χ2v) is 5.83. The monoisotopic (exact) mass is 294 g/mol. The molecule has 3 aromatic rings. The molecule has 1 heterocycles. The van der Waals surface area contributed by atoms with E-state index in [9.17, 15) is 0 Å². The first-order chi connectivity index (χ1) is 10.4. The summed E-state index contributed by atoms with van der Waals surface area (Å²) < 4.78 is 0. The lowest BCUT2D eigenvalue weighted by atomic mass is 10.1. The van der Waals surface area contributed by atoms with E-state index in [1.54, 1.807) is 11.3 Å². The first kappa shape index (κ1) is 13.8. The van der Waals surface area contributed by atoms with Crippen molar-refractivity contribution in [1.29, 1.82) is 0 Å². The van der Waals surface area contributed by atoms with E-state index >= 15 is 0 Å². The van der Waals surface area contributed by atoms with E-state index in [0.29, 0.717) is 0 Å². The molecule has 0 aliphatic carbocycles. The molecule has 106 valence electrons. The molecule has 2 aromatic carbocycles. The maximum Gasteiger partial charge on any atom is 0.187 e. The molecule has 0 saturated carbocycles. The highest BCUT2D eigenvalue weighted by Crippen LogP contribution is 2.21. The summed E-state index contributed by atoms with van der Waals surface area (Å²) in [5.74, 6) is 0. The minimum absolute atomic E-state index is 0.968. The Labute approximate surface area is 129 Å². The van der Waals surface area contributed by atoms with Gasteiger partial charge in [-0.1, -0.05) is 48.5 Å². The minimum Gasteiger partial charge on any atom is -0.332 e. The summed E-state index contributed by atoms with van der Waals surface area (Å²) in [5, 5.41) is 6.46. The lowest BCUT2D eigenvalue weighted by molar-refractivity contribution is 0.805. The summed E-state index contributed by atoms with van der Waals surface area (Å²) >= 11 is 1.67. The number of hydrogen-bond acceptors (Lipinski definition) is 3. The number of aryl methyl sites for hydroxylation is 2. The van der Waals surface area contributed by atoms with Crippen molar-refractivity contribution in [3.05, 3.63) is 77.3 Å². The van der Waals surface area contributed by atoms with Crippen LogP contribution in [-0.2, 0) is 12.8 Å². The normalized spacial score (nSPS) is 10.5. The van der Waals surface area contributed by atoms with Gasteiger partial charge in [0.1, 0.15) is 0 Å². The van der Waals surface area contributed by atoms with Crippen molar-refractivity contribution in [1.82, 2.24) is 4.98 Å². The number of aromatic nitrogens is 1. The summed E-state index contributed by atoms with van der Waals surface area (Å²) in [6.45, 7) is 0. The molecule has 3 heteroatoms. The van der Waals surface area contributed by atoms with Crippen LogP contribution in [0.2, 0.25) is 0 Å². The van der Waals surface area contributed by atoms with Crippen LogP contribution in [0.4, 0.5) is 10.8 Å². The van der Waals surface area contributed by atoms with Crippen molar-refractivity contribution >= 4 is 22.2 Å². The van der Waals surface area contributed by atoms with Gasteiger partial charge in [0.05, 0.1) is 5.69 Å². The fraction of sp³-hybridized carbons (Fsp3) is 0.167. The van der Waals surface area contributed by atoms with Crippen molar-refractivity contribution in [2.45, 2.75) is 19.3 Å². The minimum atomic E-state index is 0.968. The van der Waals surface area contributed by atoms with Crippen LogP contribution in [-0.4, -0.2) is 4.98 Å². The van der Waals surface area contributed by atoms with Crippen LogP contribution in [0.25, 0.3) is 0 Å². The molecule has 0 atom stereocenters. The molecule has 0 unspecified atom stereocenters. The summed E-state index contributed by atoms with van der Waals surface area (Å²) in [6.07, 6.45) is 3.28. The van der Waals surface area contributed by atoms with E-state index in [0.717, 1.165) is 30.1 Å². The smallest absolute Gasteiger partial charge is 0.187 e.